The third-order valence-corrected chi connectivity index (χ3v) is 8.43. The summed E-state index contributed by atoms with van der Waals surface area (Å²) in [6.45, 7) is 4.46. The second-order valence-corrected chi connectivity index (χ2v) is 11.2. The molecule has 7 heteroatoms. The maximum atomic E-state index is 12.9. The fourth-order valence-corrected chi connectivity index (χ4v) is 6.75. The number of carbonyl (C=O) groups excluding carboxylic acids is 1. The van der Waals surface area contributed by atoms with Crippen molar-refractivity contribution in [3.63, 3.8) is 0 Å². The highest BCUT2D eigenvalue weighted by Gasteiger charge is 2.29. The molecule has 36 heavy (non-hydrogen) atoms. The van der Waals surface area contributed by atoms with E-state index in [1.165, 1.54) is 21.2 Å². The van der Waals surface area contributed by atoms with Crippen molar-refractivity contribution in [3.05, 3.63) is 88.7 Å². The Morgan fingerprint density at radius 1 is 1.00 bits per heavy atom. The number of hydrogen-bond acceptors (Lipinski definition) is 6. The highest BCUT2D eigenvalue weighted by atomic mass is 32.2. The van der Waals surface area contributed by atoms with Gasteiger partial charge < -0.3 is 14.5 Å². The Labute approximate surface area is 220 Å². The number of anilines is 2. The van der Waals surface area contributed by atoms with Gasteiger partial charge in [-0.2, -0.15) is 0 Å². The summed E-state index contributed by atoms with van der Waals surface area (Å²) in [6.07, 6.45) is -0.347. The van der Waals surface area contributed by atoms with Gasteiger partial charge in [-0.25, -0.2) is 9.78 Å². The molecule has 3 aromatic carbocycles. The fourth-order valence-electron chi connectivity index (χ4n) is 4.48. The lowest BCUT2D eigenvalue weighted by atomic mass is 10.0. The van der Waals surface area contributed by atoms with Crippen LogP contribution in [0.2, 0.25) is 0 Å². The van der Waals surface area contributed by atoms with E-state index >= 15 is 0 Å². The summed E-state index contributed by atoms with van der Waals surface area (Å²) < 4.78 is 5.59. The molecule has 1 unspecified atom stereocenters. The third kappa shape index (κ3) is 4.86. The van der Waals surface area contributed by atoms with Crippen LogP contribution in [0.3, 0.4) is 0 Å². The summed E-state index contributed by atoms with van der Waals surface area (Å²) in [5, 5.41) is 2.99. The molecule has 0 saturated heterocycles. The number of fused-ring (bicyclic) bond motifs is 2. The number of carbonyl (C=O) groups is 1. The van der Waals surface area contributed by atoms with Crippen molar-refractivity contribution in [1.82, 2.24) is 9.88 Å². The molecule has 2 heterocycles. The van der Waals surface area contributed by atoms with Crippen LogP contribution in [0, 0.1) is 5.92 Å². The number of benzene rings is 3. The normalized spacial score (nSPS) is 13.2. The zero-order valence-corrected chi connectivity index (χ0v) is 22.5. The highest BCUT2D eigenvalue weighted by Crippen LogP contribution is 2.48. The molecule has 4 aromatic rings. The summed E-state index contributed by atoms with van der Waals surface area (Å²) in [6, 6.07) is 24.5. The Bertz CT molecular complexity index is 1370. The molecule has 1 aromatic heterocycles. The highest BCUT2D eigenvalue weighted by molar-refractivity contribution is 7.99. The molecule has 1 amide bonds. The first-order chi connectivity index (χ1) is 17.4. The van der Waals surface area contributed by atoms with E-state index in [-0.39, 0.29) is 24.7 Å². The molecule has 184 valence electrons. The minimum Gasteiger partial charge on any atom is -0.445 e. The molecule has 0 fully saturated rings. The van der Waals surface area contributed by atoms with E-state index < -0.39 is 0 Å². The van der Waals surface area contributed by atoms with Crippen LogP contribution in [0.5, 0.6) is 0 Å². The van der Waals surface area contributed by atoms with Crippen molar-refractivity contribution < 1.29 is 9.53 Å². The van der Waals surface area contributed by atoms with Crippen LogP contribution in [0.4, 0.5) is 16.2 Å². The second-order valence-electron chi connectivity index (χ2n) is 9.22. The van der Waals surface area contributed by atoms with E-state index in [1.54, 1.807) is 35.0 Å². The van der Waals surface area contributed by atoms with Gasteiger partial charge in [0.05, 0.1) is 23.1 Å². The van der Waals surface area contributed by atoms with E-state index in [2.05, 4.69) is 73.6 Å². The molecule has 1 atom stereocenters. The van der Waals surface area contributed by atoms with Gasteiger partial charge in [0.2, 0.25) is 0 Å². The Morgan fingerprint density at radius 2 is 1.72 bits per heavy atom. The van der Waals surface area contributed by atoms with Gasteiger partial charge in [-0.3, -0.25) is 0 Å². The zero-order valence-electron chi connectivity index (χ0n) is 20.8. The number of amides is 1. The molecule has 0 bridgehead atoms. The minimum absolute atomic E-state index is 0.172. The van der Waals surface area contributed by atoms with Crippen LogP contribution in [0.1, 0.15) is 30.5 Å². The predicted molar refractivity (Wildman–Crippen MR) is 148 cm³/mol. The number of ether oxygens (including phenoxy) is 1. The van der Waals surface area contributed by atoms with Crippen molar-refractivity contribution in [2.75, 3.05) is 19.0 Å². The van der Waals surface area contributed by atoms with Crippen molar-refractivity contribution in [3.8, 4) is 11.3 Å². The molecule has 0 N–H and O–H groups in total. The minimum atomic E-state index is -0.347. The van der Waals surface area contributed by atoms with E-state index in [1.807, 2.05) is 30.3 Å². The lowest BCUT2D eigenvalue weighted by molar-refractivity contribution is 0.0819. The zero-order chi connectivity index (χ0) is 25.2. The first-order valence-corrected chi connectivity index (χ1v) is 13.7. The SMILES string of the molecule is CC(C)C(c1nc(-c2ccc3c(c2)N(C)c2ccccc2S3)cs1)N(C)C(=O)OCc1ccccc1. The van der Waals surface area contributed by atoms with Crippen molar-refractivity contribution in [2.45, 2.75) is 36.3 Å². The number of nitrogens with zero attached hydrogens (tertiary/aromatic N) is 3. The molecule has 1 aliphatic heterocycles. The van der Waals surface area contributed by atoms with Gasteiger partial charge in [0, 0.05) is 34.8 Å². The summed E-state index contributed by atoms with van der Waals surface area (Å²) in [7, 11) is 3.90. The van der Waals surface area contributed by atoms with Gasteiger partial charge in [0.25, 0.3) is 0 Å². The van der Waals surface area contributed by atoms with E-state index in [9.17, 15) is 4.79 Å². The molecule has 0 radical (unpaired) electrons. The van der Waals surface area contributed by atoms with Crippen LogP contribution in [-0.2, 0) is 11.3 Å². The first-order valence-electron chi connectivity index (χ1n) is 12.0. The summed E-state index contributed by atoms with van der Waals surface area (Å²) >= 11 is 3.39. The van der Waals surface area contributed by atoms with Gasteiger partial charge in [-0.15, -0.1) is 11.3 Å². The largest absolute Gasteiger partial charge is 0.445 e. The first kappa shape index (κ1) is 24.4. The number of rotatable bonds is 6. The van der Waals surface area contributed by atoms with Gasteiger partial charge in [-0.1, -0.05) is 74.1 Å². The lowest BCUT2D eigenvalue weighted by Gasteiger charge is -2.29. The summed E-state index contributed by atoms with van der Waals surface area (Å²) in [4.78, 5) is 24.3. The third-order valence-electron chi connectivity index (χ3n) is 6.38. The van der Waals surface area contributed by atoms with E-state index in [0.29, 0.717) is 0 Å². The van der Waals surface area contributed by atoms with Gasteiger partial charge >= 0.3 is 6.09 Å². The summed E-state index contributed by atoms with van der Waals surface area (Å²) in [5.74, 6) is 0.181. The van der Waals surface area contributed by atoms with Gasteiger partial charge in [-0.05, 0) is 35.7 Å². The Morgan fingerprint density at radius 3 is 2.50 bits per heavy atom. The van der Waals surface area contributed by atoms with E-state index in [4.69, 9.17) is 9.72 Å². The molecular formula is C29H29N3O2S2. The van der Waals surface area contributed by atoms with Crippen molar-refractivity contribution >= 4 is 40.6 Å². The molecule has 0 spiro atoms. The molecule has 0 aliphatic carbocycles. The number of aromatic nitrogens is 1. The second kappa shape index (κ2) is 10.4. The lowest BCUT2D eigenvalue weighted by Crippen LogP contribution is -2.34. The predicted octanol–water partition coefficient (Wildman–Crippen LogP) is 8.01. The molecule has 0 saturated carbocycles. The number of para-hydroxylation sites is 1. The topological polar surface area (TPSA) is 45.7 Å². The summed E-state index contributed by atoms with van der Waals surface area (Å²) in [5.41, 5.74) is 5.34. The van der Waals surface area contributed by atoms with E-state index in [0.717, 1.165) is 21.8 Å². The number of hydrogen-bond donors (Lipinski definition) is 0. The Kier molecular flexibility index (Phi) is 7.03. The van der Waals surface area contributed by atoms with Crippen LogP contribution in [0.15, 0.2) is 88.0 Å². The molecule has 5 rings (SSSR count). The number of thiazole rings is 1. The molecule has 1 aliphatic rings. The molecule has 5 nitrogen and oxygen atoms in total. The van der Waals surface area contributed by atoms with Crippen LogP contribution < -0.4 is 4.90 Å². The standard InChI is InChI=1S/C29H29N3O2S2/c1-19(2)27(32(4)29(33)34-17-20-10-6-5-7-11-20)28-30-22(18-35-28)21-14-15-26-24(16-21)31(3)23-12-8-9-13-25(23)36-26/h5-16,18-19,27H,17H2,1-4H3. The van der Waals surface area contributed by atoms with Crippen LogP contribution >= 0.6 is 23.1 Å². The van der Waals surface area contributed by atoms with Crippen LogP contribution in [-0.4, -0.2) is 30.1 Å². The maximum Gasteiger partial charge on any atom is 0.410 e. The van der Waals surface area contributed by atoms with Crippen LogP contribution in [0.25, 0.3) is 11.3 Å². The fraction of sp³-hybridized carbons (Fsp3) is 0.241. The average Bonchev–Trinajstić information content (AvgIpc) is 3.37. The smallest absolute Gasteiger partial charge is 0.410 e. The van der Waals surface area contributed by atoms with Gasteiger partial charge in [0.1, 0.15) is 11.6 Å². The quantitative estimate of drug-likeness (QED) is 0.260. The average molecular weight is 516 g/mol. The van der Waals surface area contributed by atoms with Gasteiger partial charge in [0.15, 0.2) is 0 Å². The Balaban J connectivity index is 1.35. The maximum absolute atomic E-state index is 12.9. The van der Waals surface area contributed by atoms with Crippen molar-refractivity contribution in [2.24, 2.45) is 5.92 Å². The van der Waals surface area contributed by atoms with Crippen molar-refractivity contribution in [1.29, 1.82) is 0 Å². The Hall–Kier alpha value is -3.29. The molecular weight excluding hydrogens is 486 g/mol. The monoisotopic (exact) mass is 515 g/mol.